The molecule has 2 aliphatic heterocycles. The molecule has 4 heterocycles. The van der Waals surface area contributed by atoms with E-state index in [1.165, 1.54) is 72.8 Å². The first-order valence-electron chi connectivity index (χ1n) is 20.6. The lowest BCUT2D eigenvalue weighted by Gasteiger charge is -2.13. The van der Waals surface area contributed by atoms with Crippen LogP contribution in [0.4, 0.5) is 11.4 Å². The Bertz CT molecular complexity index is 3760. The Hall–Kier alpha value is -10.2. The number of terminal acetylenes is 2. The molecule has 14 heteroatoms. The summed E-state index contributed by atoms with van der Waals surface area (Å²) in [4.78, 5) is 111. The number of hydrogen-bond acceptors (Lipinski definition) is 10. The average molecular weight is 891 g/mol. The fraction of sp³-hybridized carbons (Fsp3) is 0. The van der Waals surface area contributed by atoms with Gasteiger partial charge in [-0.15, -0.1) is 12.8 Å². The molecular weight excluding hydrogens is 865 g/mol. The molecule has 0 saturated heterocycles. The van der Waals surface area contributed by atoms with Gasteiger partial charge >= 0.3 is 0 Å². The topological polar surface area (TPSA) is 171 Å². The molecule has 0 fully saturated rings. The van der Waals surface area contributed by atoms with Gasteiger partial charge in [0.05, 0.1) is 66.5 Å². The number of benzene rings is 7. The molecule has 0 radical (unpaired) electrons. The molecule has 0 spiro atoms. The maximum absolute atomic E-state index is 13.9. The number of hydrogen-bond donors (Lipinski definition) is 0. The van der Waals surface area contributed by atoms with Gasteiger partial charge in [-0.1, -0.05) is 36.1 Å². The van der Waals surface area contributed by atoms with Crippen LogP contribution in [0, 0.1) is 24.7 Å². The smallest absolute Gasteiger partial charge is 0.266 e. The van der Waals surface area contributed by atoms with Crippen LogP contribution in [0.3, 0.4) is 0 Å². The summed E-state index contributed by atoms with van der Waals surface area (Å²) in [6, 6.07) is 36.4. The van der Waals surface area contributed by atoms with Crippen molar-refractivity contribution in [3.8, 4) is 59.1 Å². The standard InChI is InChI=1S/C54H26N4O10/c1-3-29-9-5-11-31(21-29)55-47(59)39-19-17-37(25-41(39)49(55)61)67-35-15-7-13-33(23-35)57-51(63)43-27-45-46(28-44(43)52(57)64)54(66)58(53(45)65)34-14-8-16-36(24-34)68-38-18-20-40-42(26-38)50(62)56(48(40)60)32-12-6-10-30(4-2)22-32/h1-2,5-28H. The first kappa shape index (κ1) is 40.6. The van der Waals surface area contributed by atoms with Gasteiger partial charge in [0, 0.05) is 23.3 Å². The van der Waals surface area contributed by atoms with E-state index >= 15 is 0 Å². The van der Waals surface area contributed by atoms with Crippen LogP contribution in [0.2, 0.25) is 0 Å². The Morgan fingerprint density at radius 3 is 1.06 bits per heavy atom. The zero-order valence-electron chi connectivity index (χ0n) is 34.9. The second-order valence-electron chi connectivity index (χ2n) is 15.7. The molecule has 2 aromatic heterocycles. The molecule has 4 amide bonds. The lowest BCUT2D eigenvalue weighted by atomic mass is 10.1. The predicted molar refractivity (Wildman–Crippen MR) is 252 cm³/mol. The third-order valence-corrected chi connectivity index (χ3v) is 11.8. The molecule has 0 saturated carbocycles. The van der Waals surface area contributed by atoms with Crippen LogP contribution >= 0.6 is 0 Å². The fourth-order valence-electron chi connectivity index (χ4n) is 8.59. The van der Waals surface area contributed by atoms with Crippen LogP contribution in [-0.4, -0.2) is 32.8 Å². The minimum absolute atomic E-state index is 0.0914. The van der Waals surface area contributed by atoms with Crippen molar-refractivity contribution in [2.75, 3.05) is 9.80 Å². The molecule has 0 N–H and O–H groups in total. The van der Waals surface area contributed by atoms with Crippen molar-refractivity contribution in [3.63, 3.8) is 0 Å². The largest absolute Gasteiger partial charge is 0.457 e. The Labute approximate surface area is 382 Å². The number of imide groups is 2. The molecule has 14 nitrogen and oxygen atoms in total. The number of anilines is 2. The van der Waals surface area contributed by atoms with Gasteiger partial charge in [0.1, 0.15) is 23.0 Å². The molecule has 322 valence electrons. The van der Waals surface area contributed by atoms with Gasteiger partial charge in [0.2, 0.25) is 0 Å². The van der Waals surface area contributed by atoms with Gasteiger partial charge in [0.15, 0.2) is 0 Å². The first-order valence-corrected chi connectivity index (χ1v) is 20.6. The van der Waals surface area contributed by atoms with Crippen LogP contribution in [0.5, 0.6) is 23.0 Å². The molecule has 0 bridgehead atoms. The Morgan fingerprint density at radius 2 is 0.676 bits per heavy atom. The van der Waals surface area contributed by atoms with Crippen molar-refractivity contribution in [2.24, 2.45) is 0 Å². The molecular formula is C54H26N4O10. The summed E-state index contributed by atoms with van der Waals surface area (Å²) in [5, 5.41) is -0.366. The van der Waals surface area contributed by atoms with Crippen molar-refractivity contribution in [1.82, 2.24) is 9.13 Å². The Morgan fingerprint density at radius 1 is 0.338 bits per heavy atom. The summed E-state index contributed by atoms with van der Waals surface area (Å²) < 4.78 is 13.9. The molecule has 0 unspecified atom stereocenters. The summed E-state index contributed by atoms with van der Waals surface area (Å²) in [7, 11) is 0. The third-order valence-electron chi connectivity index (χ3n) is 11.8. The van der Waals surface area contributed by atoms with Gasteiger partial charge in [-0.2, -0.15) is 0 Å². The van der Waals surface area contributed by atoms with E-state index in [4.69, 9.17) is 22.3 Å². The monoisotopic (exact) mass is 890 g/mol. The second-order valence-corrected chi connectivity index (χ2v) is 15.7. The Balaban J connectivity index is 0.863. The van der Waals surface area contributed by atoms with E-state index in [-0.39, 0.29) is 78.2 Å². The molecule has 11 rings (SSSR count). The summed E-state index contributed by atoms with van der Waals surface area (Å²) in [6.45, 7) is 0. The van der Waals surface area contributed by atoms with Crippen molar-refractivity contribution < 1.29 is 28.7 Å². The maximum Gasteiger partial charge on any atom is 0.266 e. The zero-order valence-corrected chi connectivity index (χ0v) is 34.9. The highest BCUT2D eigenvalue weighted by Gasteiger charge is 2.38. The lowest BCUT2D eigenvalue weighted by Crippen LogP contribution is -2.29. The van der Waals surface area contributed by atoms with Gasteiger partial charge in [-0.25, -0.2) is 18.9 Å². The fourth-order valence-corrected chi connectivity index (χ4v) is 8.59. The number of aromatic nitrogens is 2. The quantitative estimate of drug-likeness (QED) is 0.114. The molecule has 7 aromatic carbocycles. The van der Waals surface area contributed by atoms with Gasteiger partial charge in [-0.3, -0.25) is 38.4 Å². The van der Waals surface area contributed by atoms with E-state index in [0.717, 1.165) is 18.9 Å². The molecule has 0 atom stereocenters. The molecule has 9 aromatic rings. The van der Waals surface area contributed by atoms with Gasteiger partial charge in [-0.05, 0) is 109 Å². The number of amides is 4. The third kappa shape index (κ3) is 6.25. The van der Waals surface area contributed by atoms with E-state index in [0.29, 0.717) is 22.5 Å². The summed E-state index contributed by atoms with van der Waals surface area (Å²) in [5.74, 6) is 3.59. The number of ether oxygens (including phenoxy) is 2. The molecule has 0 aliphatic carbocycles. The number of nitrogens with zero attached hydrogens (tertiary/aromatic N) is 4. The van der Waals surface area contributed by atoms with Crippen LogP contribution in [-0.2, 0) is 0 Å². The number of fused-ring (bicyclic) bond motifs is 4. The first-order chi connectivity index (χ1) is 32.9. The minimum atomic E-state index is -0.742. The van der Waals surface area contributed by atoms with E-state index in [2.05, 4.69) is 11.8 Å². The lowest BCUT2D eigenvalue weighted by molar-refractivity contribution is 0.0910. The highest BCUT2D eigenvalue weighted by atomic mass is 16.5. The molecule has 68 heavy (non-hydrogen) atoms. The number of rotatable bonds is 8. The Kier molecular flexibility index (Phi) is 9.09. The van der Waals surface area contributed by atoms with Crippen molar-refractivity contribution in [3.05, 3.63) is 220 Å². The van der Waals surface area contributed by atoms with Crippen LogP contribution in [0.15, 0.2) is 165 Å². The van der Waals surface area contributed by atoms with Crippen LogP contribution in [0.25, 0.3) is 32.9 Å². The average Bonchev–Trinajstić information content (AvgIpc) is 3.95. The van der Waals surface area contributed by atoms with Crippen molar-refractivity contribution >= 4 is 56.5 Å². The summed E-state index contributed by atoms with van der Waals surface area (Å²) in [6.07, 6.45) is 11.0. The van der Waals surface area contributed by atoms with E-state index < -0.39 is 45.9 Å². The number of carbonyl (C=O) groups is 4. The maximum atomic E-state index is 13.9. The van der Waals surface area contributed by atoms with E-state index in [1.54, 1.807) is 72.8 Å². The summed E-state index contributed by atoms with van der Waals surface area (Å²) >= 11 is 0. The van der Waals surface area contributed by atoms with Gasteiger partial charge in [0.25, 0.3) is 45.9 Å². The van der Waals surface area contributed by atoms with Crippen molar-refractivity contribution in [2.45, 2.75) is 0 Å². The summed E-state index contributed by atoms with van der Waals surface area (Å²) in [5.41, 5.74) is -0.511. The minimum Gasteiger partial charge on any atom is -0.457 e. The van der Waals surface area contributed by atoms with Crippen LogP contribution < -0.4 is 41.5 Å². The SMILES string of the molecule is C#Cc1cccc(N2C(=O)c3ccc(Oc4cccc(-n5c(=O)c6cc7c(=O)n(-c8cccc(Oc9ccc%10c(c9)C(=O)N(c9cccc(C#C)c9)C%10=O)c8)c(=O)c7cc6c5=O)c4)cc3C2=O)c1. The van der Waals surface area contributed by atoms with E-state index in [9.17, 15) is 38.4 Å². The second kappa shape index (κ2) is 15.2. The van der Waals surface area contributed by atoms with Crippen LogP contribution in [0.1, 0.15) is 52.6 Å². The highest BCUT2D eigenvalue weighted by Crippen LogP contribution is 2.35. The van der Waals surface area contributed by atoms with Crippen molar-refractivity contribution in [1.29, 1.82) is 0 Å². The zero-order chi connectivity index (χ0) is 47.1. The highest BCUT2D eigenvalue weighted by molar-refractivity contribution is 6.35. The normalized spacial score (nSPS) is 13.0. The van der Waals surface area contributed by atoms with Gasteiger partial charge < -0.3 is 9.47 Å². The van der Waals surface area contributed by atoms with E-state index in [1.807, 2.05) is 0 Å². The number of carbonyl (C=O) groups excluding carboxylic acids is 4. The molecule has 2 aliphatic rings. The predicted octanol–water partition coefficient (Wildman–Crippen LogP) is 7.04.